The lowest BCUT2D eigenvalue weighted by Crippen LogP contribution is -2.57. The van der Waals surface area contributed by atoms with E-state index in [0.717, 1.165) is 37.5 Å². The summed E-state index contributed by atoms with van der Waals surface area (Å²) in [6, 6.07) is 0. The van der Waals surface area contributed by atoms with E-state index in [1.165, 1.54) is 19.3 Å². The molecule has 0 radical (unpaired) electrons. The summed E-state index contributed by atoms with van der Waals surface area (Å²) in [5.74, 6) is 2.36. The van der Waals surface area contributed by atoms with E-state index in [0.29, 0.717) is 12.5 Å². The number of likely N-dealkylation sites (tertiary alicyclic amines) is 1. The molecule has 21 heavy (non-hydrogen) atoms. The van der Waals surface area contributed by atoms with Gasteiger partial charge in [0, 0.05) is 13.0 Å². The third kappa shape index (κ3) is 2.46. The Morgan fingerprint density at radius 3 is 2.71 bits per heavy atom. The fourth-order valence-corrected chi connectivity index (χ4v) is 3.42. The van der Waals surface area contributed by atoms with Crippen molar-refractivity contribution in [2.75, 3.05) is 6.54 Å². The predicted molar refractivity (Wildman–Crippen MR) is 79.5 cm³/mol. The Bertz CT molecular complexity index is 536. The molecule has 0 spiro atoms. The van der Waals surface area contributed by atoms with E-state index in [9.17, 15) is 4.79 Å². The Balaban J connectivity index is 1.78. The summed E-state index contributed by atoms with van der Waals surface area (Å²) < 4.78 is 2.11. The van der Waals surface area contributed by atoms with Gasteiger partial charge in [0.25, 0.3) is 0 Å². The third-order valence-electron chi connectivity index (χ3n) is 5.37. The highest BCUT2D eigenvalue weighted by Gasteiger charge is 2.40. The SMILES string of the molecule is Cn1c(CN2CCCCC2(C)C(N)=O)nnc1C1CCC1. The van der Waals surface area contributed by atoms with Crippen LogP contribution in [0.4, 0.5) is 0 Å². The van der Waals surface area contributed by atoms with Crippen LogP contribution in [0.1, 0.15) is 63.0 Å². The van der Waals surface area contributed by atoms with E-state index < -0.39 is 5.54 Å². The number of aromatic nitrogens is 3. The smallest absolute Gasteiger partial charge is 0.237 e. The summed E-state index contributed by atoms with van der Waals surface area (Å²) in [6.07, 6.45) is 6.72. The van der Waals surface area contributed by atoms with Gasteiger partial charge in [0.2, 0.25) is 5.91 Å². The summed E-state index contributed by atoms with van der Waals surface area (Å²) in [5, 5.41) is 8.72. The molecule has 0 bridgehead atoms. The maximum absolute atomic E-state index is 11.9. The van der Waals surface area contributed by atoms with Crippen molar-refractivity contribution < 1.29 is 4.79 Å². The molecule has 1 saturated heterocycles. The van der Waals surface area contributed by atoms with E-state index >= 15 is 0 Å². The molecule has 1 saturated carbocycles. The lowest BCUT2D eigenvalue weighted by Gasteiger charge is -2.42. The van der Waals surface area contributed by atoms with Crippen molar-refractivity contribution in [1.29, 1.82) is 0 Å². The Morgan fingerprint density at radius 2 is 2.10 bits per heavy atom. The number of rotatable bonds is 4. The van der Waals surface area contributed by atoms with E-state index in [4.69, 9.17) is 5.73 Å². The zero-order chi connectivity index (χ0) is 15.0. The lowest BCUT2D eigenvalue weighted by atomic mass is 9.85. The van der Waals surface area contributed by atoms with E-state index in [1.54, 1.807) is 0 Å². The van der Waals surface area contributed by atoms with Crippen molar-refractivity contribution in [1.82, 2.24) is 19.7 Å². The summed E-state index contributed by atoms with van der Waals surface area (Å²) >= 11 is 0. The highest BCUT2D eigenvalue weighted by atomic mass is 16.1. The molecule has 2 aliphatic rings. The molecular weight excluding hydrogens is 266 g/mol. The zero-order valence-electron chi connectivity index (χ0n) is 13.0. The fourth-order valence-electron chi connectivity index (χ4n) is 3.42. The Hall–Kier alpha value is -1.43. The first-order chi connectivity index (χ1) is 10.0. The van der Waals surface area contributed by atoms with Crippen molar-refractivity contribution in [2.45, 2.75) is 63.5 Å². The molecule has 1 unspecified atom stereocenters. The molecule has 0 aromatic carbocycles. The average Bonchev–Trinajstić information content (AvgIpc) is 2.73. The summed E-state index contributed by atoms with van der Waals surface area (Å²) in [6.45, 7) is 3.50. The standard InChI is InChI=1S/C15H25N5O/c1-15(14(16)21)8-3-4-9-20(15)10-12-17-18-13(19(12)2)11-6-5-7-11/h11H,3-10H2,1-2H3,(H2,16,21). The molecule has 1 amide bonds. The molecule has 1 atom stereocenters. The molecule has 2 fully saturated rings. The minimum Gasteiger partial charge on any atom is -0.368 e. The monoisotopic (exact) mass is 291 g/mol. The second-order valence-electron chi connectivity index (χ2n) is 6.68. The molecule has 1 aromatic rings. The van der Waals surface area contributed by atoms with Crippen molar-refractivity contribution in [3.8, 4) is 0 Å². The number of piperidine rings is 1. The van der Waals surface area contributed by atoms with Gasteiger partial charge < -0.3 is 10.3 Å². The largest absolute Gasteiger partial charge is 0.368 e. The van der Waals surface area contributed by atoms with E-state index in [-0.39, 0.29) is 5.91 Å². The highest BCUT2D eigenvalue weighted by Crippen LogP contribution is 2.35. The number of hydrogen-bond donors (Lipinski definition) is 1. The van der Waals surface area contributed by atoms with Gasteiger partial charge in [0.15, 0.2) is 0 Å². The Kier molecular flexibility index (Phi) is 3.73. The van der Waals surface area contributed by atoms with Gasteiger partial charge in [-0.2, -0.15) is 0 Å². The van der Waals surface area contributed by atoms with Crippen LogP contribution in [-0.4, -0.2) is 37.7 Å². The van der Waals surface area contributed by atoms with Gasteiger partial charge in [-0.05, 0) is 45.6 Å². The van der Waals surface area contributed by atoms with Gasteiger partial charge >= 0.3 is 0 Å². The molecule has 1 aliphatic carbocycles. The quantitative estimate of drug-likeness (QED) is 0.907. The second-order valence-corrected chi connectivity index (χ2v) is 6.68. The summed E-state index contributed by atoms with van der Waals surface area (Å²) in [4.78, 5) is 14.0. The van der Waals surface area contributed by atoms with Gasteiger partial charge in [-0.1, -0.05) is 6.42 Å². The first-order valence-electron chi connectivity index (χ1n) is 7.95. The van der Waals surface area contributed by atoms with Crippen LogP contribution in [0, 0.1) is 0 Å². The fraction of sp³-hybridized carbons (Fsp3) is 0.800. The summed E-state index contributed by atoms with van der Waals surface area (Å²) in [7, 11) is 2.04. The lowest BCUT2D eigenvalue weighted by molar-refractivity contribution is -0.132. The highest BCUT2D eigenvalue weighted by molar-refractivity contribution is 5.84. The molecule has 3 rings (SSSR count). The van der Waals surface area contributed by atoms with E-state index in [1.807, 2.05) is 14.0 Å². The minimum absolute atomic E-state index is 0.233. The van der Waals surface area contributed by atoms with Gasteiger partial charge in [-0.3, -0.25) is 9.69 Å². The van der Waals surface area contributed by atoms with Gasteiger partial charge in [-0.15, -0.1) is 10.2 Å². The molecule has 1 aromatic heterocycles. The number of nitrogens with zero attached hydrogens (tertiary/aromatic N) is 4. The number of amides is 1. The van der Waals surface area contributed by atoms with Crippen LogP contribution in [-0.2, 0) is 18.4 Å². The maximum Gasteiger partial charge on any atom is 0.237 e. The Morgan fingerprint density at radius 1 is 1.33 bits per heavy atom. The average molecular weight is 291 g/mol. The maximum atomic E-state index is 11.9. The van der Waals surface area contributed by atoms with Crippen LogP contribution >= 0.6 is 0 Å². The number of nitrogens with two attached hydrogens (primary N) is 1. The second kappa shape index (κ2) is 5.40. The van der Waals surface area contributed by atoms with E-state index in [2.05, 4.69) is 19.7 Å². The first kappa shape index (κ1) is 14.5. The van der Waals surface area contributed by atoms with Crippen LogP contribution in [0.5, 0.6) is 0 Å². The predicted octanol–water partition coefficient (Wildman–Crippen LogP) is 1.31. The number of primary amides is 1. The number of carbonyl (C=O) groups excluding carboxylic acids is 1. The first-order valence-corrected chi connectivity index (χ1v) is 7.95. The van der Waals surface area contributed by atoms with Gasteiger partial charge in [-0.25, -0.2) is 0 Å². The van der Waals surface area contributed by atoms with Crippen LogP contribution in [0.2, 0.25) is 0 Å². The minimum atomic E-state index is -0.555. The topological polar surface area (TPSA) is 77.0 Å². The van der Waals surface area contributed by atoms with Crippen molar-refractivity contribution in [3.05, 3.63) is 11.6 Å². The van der Waals surface area contributed by atoms with Crippen molar-refractivity contribution >= 4 is 5.91 Å². The molecule has 1 aliphatic heterocycles. The van der Waals surface area contributed by atoms with Crippen molar-refractivity contribution in [2.24, 2.45) is 12.8 Å². The molecule has 116 valence electrons. The van der Waals surface area contributed by atoms with Crippen LogP contribution < -0.4 is 5.73 Å². The number of hydrogen-bond acceptors (Lipinski definition) is 4. The van der Waals surface area contributed by atoms with Gasteiger partial charge in [0.1, 0.15) is 11.6 Å². The third-order valence-corrected chi connectivity index (χ3v) is 5.37. The normalized spacial score (nSPS) is 27.5. The zero-order valence-corrected chi connectivity index (χ0v) is 13.0. The molecular formula is C15H25N5O. The summed E-state index contributed by atoms with van der Waals surface area (Å²) in [5.41, 5.74) is 5.09. The molecule has 2 N–H and O–H groups in total. The molecule has 2 heterocycles. The van der Waals surface area contributed by atoms with Gasteiger partial charge in [0.05, 0.1) is 12.1 Å². The van der Waals surface area contributed by atoms with Crippen LogP contribution in [0.25, 0.3) is 0 Å². The van der Waals surface area contributed by atoms with Crippen LogP contribution in [0.15, 0.2) is 0 Å². The van der Waals surface area contributed by atoms with Crippen LogP contribution in [0.3, 0.4) is 0 Å². The molecule has 6 heteroatoms. The Labute approximate surface area is 125 Å². The van der Waals surface area contributed by atoms with Crippen molar-refractivity contribution in [3.63, 3.8) is 0 Å². The number of carbonyl (C=O) groups is 1. The molecule has 6 nitrogen and oxygen atoms in total.